The summed E-state index contributed by atoms with van der Waals surface area (Å²) in [5.74, 6) is -0.302. The lowest BCUT2D eigenvalue weighted by atomic mass is 9.34. The first-order valence-electron chi connectivity index (χ1n) is 11.0. The van der Waals surface area contributed by atoms with Crippen LogP contribution in [-0.4, -0.2) is 33.3 Å². The van der Waals surface area contributed by atoms with E-state index in [1.165, 1.54) is 23.1 Å². The molecular weight excluding hydrogens is 396 g/mol. The molecule has 1 aromatic heterocycles. The Bertz CT molecular complexity index is 1180. The molecule has 2 heterocycles. The lowest BCUT2D eigenvalue weighted by Gasteiger charge is -2.70. The van der Waals surface area contributed by atoms with Crippen LogP contribution in [0.15, 0.2) is 48.7 Å². The lowest BCUT2D eigenvalue weighted by Crippen LogP contribution is -2.69. The van der Waals surface area contributed by atoms with Crippen LogP contribution in [0.5, 0.6) is 0 Å². The van der Waals surface area contributed by atoms with Crippen LogP contribution in [0.1, 0.15) is 42.9 Å². The summed E-state index contributed by atoms with van der Waals surface area (Å²) in [4.78, 5) is 15.1. The van der Waals surface area contributed by atoms with Crippen molar-refractivity contribution < 1.29 is 13.6 Å². The summed E-state index contributed by atoms with van der Waals surface area (Å²) in [6.45, 7) is 3.01. The molecule has 7 rings (SSSR count). The first kappa shape index (κ1) is 19.0. The summed E-state index contributed by atoms with van der Waals surface area (Å²) in [7, 11) is 0. The summed E-state index contributed by atoms with van der Waals surface area (Å²) in [5.41, 5.74) is 2.78. The predicted octanol–water partition coefficient (Wildman–Crippen LogP) is 4.97. The molecule has 6 heteroatoms. The highest BCUT2D eigenvalue weighted by atomic mass is 19.1. The average molecular weight is 421 g/mol. The van der Waals surface area contributed by atoms with Crippen LogP contribution in [0.2, 0.25) is 0 Å². The number of aryl methyl sites for hydroxylation is 1. The third-order valence-corrected chi connectivity index (χ3v) is 7.73. The van der Waals surface area contributed by atoms with Crippen molar-refractivity contribution in [1.82, 2.24) is 14.7 Å². The summed E-state index contributed by atoms with van der Waals surface area (Å²) < 4.78 is 30.1. The molecule has 160 valence electrons. The zero-order valence-electron chi connectivity index (χ0n) is 17.5. The molecule has 0 spiro atoms. The van der Waals surface area contributed by atoms with Crippen molar-refractivity contribution >= 4 is 16.8 Å². The Balaban J connectivity index is 1.19. The second kappa shape index (κ2) is 6.38. The molecule has 0 radical (unpaired) electrons. The Hall–Kier alpha value is -2.76. The minimum Gasteiger partial charge on any atom is -0.332 e. The minimum atomic E-state index is -1.06. The van der Waals surface area contributed by atoms with E-state index in [9.17, 15) is 13.6 Å². The van der Waals surface area contributed by atoms with Gasteiger partial charge in [-0.2, -0.15) is 5.10 Å². The molecule has 2 aromatic carbocycles. The van der Waals surface area contributed by atoms with Gasteiger partial charge >= 0.3 is 0 Å². The van der Waals surface area contributed by atoms with E-state index < -0.39 is 6.17 Å². The zero-order valence-corrected chi connectivity index (χ0v) is 17.5. The van der Waals surface area contributed by atoms with Gasteiger partial charge in [-0.3, -0.25) is 9.48 Å². The van der Waals surface area contributed by atoms with Crippen LogP contribution in [0.25, 0.3) is 10.9 Å². The molecule has 2 unspecified atom stereocenters. The highest BCUT2D eigenvalue weighted by Gasteiger charge is 2.72. The van der Waals surface area contributed by atoms with Gasteiger partial charge in [0.05, 0.1) is 29.7 Å². The monoisotopic (exact) mass is 421 g/mol. The maximum Gasteiger partial charge on any atom is 0.229 e. The molecule has 0 N–H and O–H groups in total. The van der Waals surface area contributed by atoms with Crippen molar-refractivity contribution in [2.24, 2.45) is 10.8 Å². The van der Waals surface area contributed by atoms with Crippen molar-refractivity contribution in [2.45, 2.75) is 51.4 Å². The number of carbonyl (C=O) groups is 1. The third-order valence-electron chi connectivity index (χ3n) is 7.73. The van der Waals surface area contributed by atoms with E-state index in [2.05, 4.69) is 34.9 Å². The molecule has 3 aromatic rings. The molecular formula is C25H25F2N3O. The van der Waals surface area contributed by atoms with Gasteiger partial charge in [0, 0.05) is 18.4 Å². The minimum absolute atomic E-state index is 0.0463. The van der Waals surface area contributed by atoms with Crippen LogP contribution < -0.4 is 0 Å². The van der Waals surface area contributed by atoms with Crippen molar-refractivity contribution in [3.63, 3.8) is 0 Å². The number of fused-ring (bicyclic) bond motifs is 1. The van der Waals surface area contributed by atoms with Crippen molar-refractivity contribution in [3.8, 4) is 0 Å². The summed E-state index contributed by atoms with van der Waals surface area (Å²) in [6, 6.07) is 12.1. The van der Waals surface area contributed by atoms with Crippen molar-refractivity contribution in [2.75, 3.05) is 6.54 Å². The van der Waals surface area contributed by atoms with E-state index in [0.717, 1.165) is 31.3 Å². The quantitative estimate of drug-likeness (QED) is 0.597. The molecule has 2 bridgehead atoms. The van der Waals surface area contributed by atoms with E-state index in [-0.39, 0.29) is 41.6 Å². The number of carbonyl (C=O) groups excluding carboxylic acids is 1. The van der Waals surface area contributed by atoms with Gasteiger partial charge < -0.3 is 4.90 Å². The molecule has 3 aliphatic carbocycles. The molecule has 2 atom stereocenters. The van der Waals surface area contributed by atoms with E-state index in [4.69, 9.17) is 0 Å². The number of hydrogen-bond acceptors (Lipinski definition) is 2. The predicted molar refractivity (Wildman–Crippen MR) is 114 cm³/mol. The highest BCUT2D eigenvalue weighted by Crippen LogP contribution is 2.74. The molecule has 4 fully saturated rings. The Morgan fingerprint density at radius 2 is 1.97 bits per heavy atom. The molecule has 4 nitrogen and oxygen atoms in total. The Morgan fingerprint density at radius 1 is 1.19 bits per heavy atom. The first-order valence-corrected chi connectivity index (χ1v) is 11.0. The van der Waals surface area contributed by atoms with Gasteiger partial charge in [0.1, 0.15) is 12.0 Å². The van der Waals surface area contributed by atoms with Crippen LogP contribution >= 0.6 is 0 Å². The van der Waals surface area contributed by atoms with Gasteiger partial charge in [0.2, 0.25) is 5.91 Å². The van der Waals surface area contributed by atoms with Gasteiger partial charge in [0.25, 0.3) is 0 Å². The largest absolute Gasteiger partial charge is 0.332 e. The van der Waals surface area contributed by atoms with E-state index in [0.29, 0.717) is 5.56 Å². The summed E-state index contributed by atoms with van der Waals surface area (Å²) >= 11 is 0. The molecule has 31 heavy (non-hydrogen) atoms. The number of nitrogens with zero attached hydrogens (tertiary/aromatic N) is 3. The molecule has 4 aliphatic rings. The lowest BCUT2D eigenvalue weighted by molar-refractivity contribution is -0.222. The smallest absolute Gasteiger partial charge is 0.229 e. The highest BCUT2D eigenvalue weighted by molar-refractivity contribution is 5.87. The fourth-order valence-electron chi connectivity index (χ4n) is 6.43. The normalized spacial score (nSPS) is 31.5. The van der Waals surface area contributed by atoms with Gasteiger partial charge in [-0.05, 0) is 60.9 Å². The number of likely N-dealkylation sites (tertiary alicyclic amines) is 1. The van der Waals surface area contributed by atoms with E-state index in [1.807, 2.05) is 6.20 Å². The maximum absolute atomic E-state index is 14.3. The number of hydrogen-bond donors (Lipinski definition) is 0. The number of halogens is 2. The molecule has 1 amide bonds. The number of amides is 1. The SMILES string of the molecule is Cc1cccc2c1cnn2CC12CC(C(=O)N3CC(F)CC3c3cccc(F)c3)(C1)C2. The molecule has 1 saturated heterocycles. The van der Waals surface area contributed by atoms with Crippen LogP contribution in [0.4, 0.5) is 8.78 Å². The topological polar surface area (TPSA) is 38.1 Å². The fraction of sp³-hybridized carbons (Fsp3) is 0.440. The maximum atomic E-state index is 14.3. The summed E-state index contributed by atoms with van der Waals surface area (Å²) in [5, 5.41) is 5.77. The Morgan fingerprint density at radius 3 is 2.74 bits per heavy atom. The van der Waals surface area contributed by atoms with Crippen molar-refractivity contribution in [3.05, 3.63) is 65.6 Å². The second-order valence-electron chi connectivity index (χ2n) is 9.98. The number of benzene rings is 2. The van der Waals surface area contributed by atoms with Gasteiger partial charge in [0.15, 0.2) is 0 Å². The fourth-order valence-corrected chi connectivity index (χ4v) is 6.43. The van der Waals surface area contributed by atoms with E-state index in [1.54, 1.807) is 17.0 Å². The van der Waals surface area contributed by atoms with Gasteiger partial charge in [-0.25, -0.2) is 8.78 Å². The average Bonchev–Trinajstić information content (AvgIpc) is 3.27. The number of alkyl halides is 1. The molecule has 3 saturated carbocycles. The Labute approximate surface area is 179 Å². The molecule has 1 aliphatic heterocycles. The Kier molecular flexibility index (Phi) is 3.90. The van der Waals surface area contributed by atoms with Crippen LogP contribution in [0, 0.1) is 23.6 Å². The number of aromatic nitrogens is 2. The standard InChI is InChI=1S/C25H25F2N3O/c1-16-4-2-7-21-20(16)10-28-30(21)15-24-12-25(13-24,14-24)23(31)29-11-19(27)9-22(29)17-5-3-6-18(26)8-17/h2-8,10,19,22H,9,11-15H2,1H3. The van der Waals surface area contributed by atoms with Gasteiger partial charge in [-0.15, -0.1) is 0 Å². The summed E-state index contributed by atoms with van der Waals surface area (Å²) in [6.07, 6.45) is 3.60. The van der Waals surface area contributed by atoms with E-state index >= 15 is 0 Å². The van der Waals surface area contributed by atoms with Crippen LogP contribution in [-0.2, 0) is 11.3 Å². The van der Waals surface area contributed by atoms with Crippen molar-refractivity contribution in [1.29, 1.82) is 0 Å². The number of rotatable bonds is 4. The third kappa shape index (κ3) is 2.76. The second-order valence-corrected chi connectivity index (χ2v) is 9.98. The van der Waals surface area contributed by atoms with Crippen LogP contribution in [0.3, 0.4) is 0 Å². The first-order chi connectivity index (χ1) is 14.9. The van der Waals surface area contributed by atoms with Gasteiger partial charge in [-0.1, -0.05) is 24.3 Å². The zero-order chi connectivity index (χ0) is 21.4.